The summed E-state index contributed by atoms with van der Waals surface area (Å²) in [6.45, 7) is 13.5. The van der Waals surface area contributed by atoms with Crippen molar-refractivity contribution < 1.29 is 4.79 Å². The number of nitrogens with zero attached hydrogens (tertiary/aromatic N) is 1. The van der Waals surface area contributed by atoms with Crippen LogP contribution in [0.15, 0.2) is 0 Å². The van der Waals surface area contributed by atoms with Crippen molar-refractivity contribution >= 4 is 5.91 Å². The lowest BCUT2D eigenvalue weighted by Gasteiger charge is -2.24. The fraction of sp³-hybridized carbons (Fsp3) is 0.923. The summed E-state index contributed by atoms with van der Waals surface area (Å²) in [4.78, 5) is 13.7. The molecular weight excluding hydrogens is 200 g/mol. The molecule has 1 heterocycles. The summed E-state index contributed by atoms with van der Waals surface area (Å²) in [5.41, 5.74) is 0.139. The van der Waals surface area contributed by atoms with Gasteiger partial charge in [0.15, 0.2) is 0 Å². The third-order valence-corrected chi connectivity index (χ3v) is 3.22. The van der Waals surface area contributed by atoms with Gasteiger partial charge in [-0.3, -0.25) is 4.79 Å². The number of carbonyl (C=O) groups is 1. The minimum absolute atomic E-state index is 0.139. The van der Waals surface area contributed by atoms with Crippen molar-refractivity contribution in [2.24, 2.45) is 11.8 Å². The Kier molecular flexibility index (Phi) is 4.36. The van der Waals surface area contributed by atoms with E-state index in [9.17, 15) is 4.79 Å². The molecule has 3 heteroatoms. The molecule has 0 saturated carbocycles. The number of hydrogen-bond donors (Lipinski definition) is 1. The van der Waals surface area contributed by atoms with Crippen molar-refractivity contribution in [1.82, 2.24) is 10.2 Å². The van der Waals surface area contributed by atoms with Crippen molar-refractivity contribution in [1.29, 1.82) is 0 Å². The fourth-order valence-electron chi connectivity index (χ4n) is 2.03. The molecule has 0 aliphatic carbocycles. The van der Waals surface area contributed by atoms with Gasteiger partial charge >= 0.3 is 0 Å². The molecule has 94 valence electrons. The highest BCUT2D eigenvalue weighted by molar-refractivity contribution is 5.78. The molecule has 1 N–H and O–H groups in total. The molecule has 0 aromatic carbocycles. The van der Waals surface area contributed by atoms with Gasteiger partial charge in [0.1, 0.15) is 0 Å². The molecular formula is C13H26N2O. The number of rotatable bonds is 4. The van der Waals surface area contributed by atoms with E-state index in [1.807, 2.05) is 4.90 Å². The second kappa shape index (κ2) is 5.17. The highest BCUT2D eigenvalue weighted by Crippen LogP contribution is 2.24. The smallest absolute Gasteiger partial charge is 0.222 e. The molecule has 1 amide bonds. The molecule has 1 rings (SSSR count). The Bertz CT molecular complexity index is 243. The predicted molar refractivity (Wildman–Crippen MR) is 67.3 cm³/mol. The van der Waals surface area contributed by atoms with Crippen LogP contribution in [0.25, 0.3) is 0 Å². The molecule has 0 bridgehead atoms. The van der Waals surface area contributed by atoms with Crippen molar-refractivity contribution in [3.8, 4) is 0 Å². The van der Waals surface area contributed by atoms with E-state index < -0.39 is 0 Å². The lowest BCUT2D eigenvalue weighted by Crippen LogP contribution is -2.41. The molecule has 1 unspecified atom stereocenters. The third kappa shape index (κ3) is 4.12. The first-order chi connectivity index (χ1) is 7.29. The maximum atomic E-state index is 11.7. The van der Waals surface area contributed by atoms with Crippen LogP contribution in [-0.2, 0) is 4.79 Å². The highest BCUT2D eigenvalue weighted by atomic mass is 16.2. The monoisotopic (exact) mass is 226 g/mol. The van der Waals surface area contributed by atoms with Gasteiger partial charge in [0.05, 0.1) is 0 Å². The summed E-state index contributed by atoms with van der Waals surface area (Å²) in [5, 5.41) is 3.42. The van der Waals surface area contributed by atoms with Gasteiger partial charge in [-0.1, -0.05) is 13.8 Å². The summed E-state index contributed by atoms with van der Waals surface area (Å²) in [5.74, 6) is 1.50. The summed E-state index contributed by atoms with van der Waals surface area (Å²) in [6, 6.07) is 0. The third-order valence-electron chi connectivity index (χ3n) is 3.22. The number of hydrogen-bond acceptors (Lipinski definition) is 2. The summed E-state index contributed by atoms with van der Waals surface area (Å²) in [7, 11) is 0. The lowest BCUT2D eigenvalue weighted by molar-refractivity contribution is -0.127. The molecule has 1 fully saturated rings. The van der Waals surface area contributed by atoms with Gasteiger partial charge in [0.2, 0.25) is 5.91 Å². The molecule has 0 aromatic rings. The maximum Gasteiger partial charge on any atom is 0.222 e. The molecule has 1 saturated heterocycles. The van der Waals surface area contributed by atoms with E-state index in [-0.39, 0.29) is 5.54 Å². The molecule has 1 aliphatic rings. The Morgan fingerprint density at radius 2 is 2.06 bits per heavy atom. The van der Waals surface area contributed by atoms with Gasteiger partial charge in [-0.15, -0.1) is 0 Å². The average molecular weight is 226 g/mol. The van der Waals surface area contributed by atoms with Crippen molar-refractivity contribution in [3.63, 3.8) is 0 Å². The Labute approximate surface area is 99.6 Å². The summed E-state index contributed by atoms with van der Waals surface area (Å²) in [6.07, 6.45) is 0.743. The zero-order valence-corrected chi connectivity index (χ0v) is 11.3. The average Bonchev–Trinajstić information content (AvgIpc) is 2.46. The zero-order valence-electron chi connectivity index (χ0n) is 11.3. The maximum absolute atomic E-state index is 11.7. The molecule has 1 aliphatic heterocycles. The van der Waals surface area contributed by atoms with Crippen LogP contribution in [0.1, 0.15) is 41.0 Å². The minimum Gasteiger partial charge on any atom is -0.341 e. The van der Waals surface area contributed by atoms with Gasteiger partial charge in [-0.2, -0.15) is 0 Å². The van der Waals surface area contributed by atoms with Crippen molar-refractivity contribution in [2.45, 2.75) is 46.6 Å². The van der Waals surface area contributed by atoms with Crippen molar-refractivity contribution in [3.05, 3.63) is 0 Å². The van der Waals surface area contributed by atoms with Crippen LogP contribution in [0.2, 0.25) is 0 Å². The number of likely N-dealkylation sites (tertiary alicyclic amines) is 1. The summed E-state index contributed by atoms with van der Waals surface area (Å²) >= 11 is 0. The number of nitrogens with one attached hydrogen (secondary N) is 1. The zero-order chi connectivity index (χ0) is 12.3. The summed E-state index contributed by atoms with van der Waals surface area (Å²) < 4.78 is 0. The van der Waals surface area contributed by atoms with E-state index in [1.54, 1.807) is 0 Å². The number of amides is 1. The Hall–Kier alpha value is -0.570. The van der Waals surface area contributed by atoms with Gasteiger partial charge in [0.25, 0.3) is 0 Å². The first-order valence-electron chi connectivity index (χ1n) is 6.32. The molecule has 3 nitrogen and oxygen atoms in total. The largest absolute Gasteiger partial charge is 0.341 e. The van der Waals surface area contributed by atoms with E-state index in [2.05, 4.69) is 39.9 Å². The Balaban J connectivity index is 2.31. The van der Waals surface area contributed by atoms with Crippen LogP contribution in [-0.4, -0.2) is 36.0 Å². The van der Waals surface area contributed by atoms with Gasteiger partial charge < -0.3 is 10.2 Å². The predicted octanol–water partition coefficient (Wildman–Crippen LogP) is 1.88. The minimum atomic E-state index is 0.139. The Morgan fingerprint density at radius 3 is 2.50 bits per heavy atom. The van der Waals surface area contributed by atoms with E-state index in [0.29, 0.717) is 17.7 Å². The highest BCUT2D eigenvalue weighted by Gasteiger charge is 2.30. The van der Waals surface area contributed by atoms with Gasteiger partial charge in [-0.05, 0) is 32.6 Å². The molecule has 0 spiro atoms. The van der Waals surface area contributed by atoms with Gasteiger partial charge in [0, 0.05) is 31.6 Å². The molecule has 0 radical (unpaired) electrons. The fourth-order valence-corrected chi connectivity index (χ4v) is 2.03. The van der Waals surface area contributed by atoms with Crippen LogP contribution in [0, 0.1) is 11.8 Å². The number of carbonyl (C=O) groups excluding carboxylic acids is 1. The van der Waals surface area contributed by atoms with E-state index in [0.717, 1.165) is 26.1 Å². The van der Waals surface area contributed by atoms with E-state index >= 15 is 0 Å². The van der Waals surface area contributed by atoms with Gasteiger partial charge in [-0.25, -0.2) is 0 Å². The standard InChI is InChI=1S/C13H26N2O/c1-10(2)11-8-12(16)15(9-11)7-6-14-13(3,4)5/h10-11,14H,6-9H2,1-5H3. The SMILES string of the molecule is CC(C)C1CC(=O)N(CCNC(C)(C)C)C1. The molecule has 16 heavy (non-hydrogen) atoms. The van der Waals surface area contributed by atoms with E-state index in [1.165, 1.54) is 0 Å². The van der Waals surface area contributed by atoms with Crippen LogP contribution >= 0.6 is 0 Å². The normalized spacial score (nSPS) is 22.2. The first kappa shape index (κ1) is 13.5. The molecule has 1 atom stereocenters. The molecule has 0 aromatic heterocycles. The second-order valence-electron chi connectivity index (χ2n) is 6.22. The first-order valence-corrected chi connectivity index (χ1v) is 6.32. The van der Waals surface area contributed by atoms with Crippen LogP contribution in [0.5, 0.6) is 0 Å². The lowest BCUT2D eigenvalue weighted by atomic mass is 9.95. The topological polar surface area (TPSA) is 32.3 Å². The van der Waals surface area contributed by atoms with Crippen molar-refractivity contribution in [2.75, 3.05) is 19.6 Å². The van der Waals surface area contributed by atoms with Crippen LogP contribution in [0.4, 0.5) is 0 Å². The van der Waals surface area contributed by atoms with Crippen LogP contribution < -0.4 is 5.32 Å². The van der Waals surface area contributed by atoms with Crippen LogP contribution in [0.3, 0.4) is 0 Å². The van der Waals surface area contributed by atoms with E-state index in [4.69, 9.17) is 0 Å². The second-order valence-corrected chi connectivity index (χ2v) is 6.22. The quantitative estimate of drug-likeness (QED) is 0.794. The Morgan fingerprint density at radius 1 is 1.44 bits per heavy atom.